The minimum absolute atomic E-state index is 0.0420. The number of hydrogen-bond donors (Lipinski definition) is 1. The van der Waals surface area contributed by atoms with Gasteiger partial charge in [0, 0.05) is 17.9 Å². The maximum absolute atomic E-state index is 12.6. The number of ether oxygens (including phenoxy) is 1. The van der Waals surface area contributed by atoms with Gasteiger partial charge in [0.25, 0.3) is 0 Å². The average Bonchev–Trinajstić information content (AvgIpc) is 3.05. The van der Waals surface area contributed by atoms with Crippen LogP contribution in [0.5, 0.6) is 0 Å². The Hall–Kier alpha value is -2.02. The van der Waals surface area contributed by atoms with Crippen LogP contribution in [0.4, 0.5) is 5.69 Å². The van der Waals surface area contributed by atoms with Gasteiger partial charge in [0.2, 0.25) is 11.8 Å². The van der Waals surface area contributed by atoms with Gasteiger partial charge in [-0.25, -0.2) is 4.79 Å². The number of nitrogens with zero attached hydrogens (tertiary/aromatic N) is 1. The third-order valence-electron chi connectivity index (χ3n) is 4.41. The molecule has 1 aromatic carbocycles. The maximum Gasteiger partial charge on any atom is 0.338 e. The lowest BCUT2D eigenvalue weighted by Crippen LogP contribution is -2.48. The van der Waals surface area contributed by atoms with E-state index < -0.39 is 6.04 Å². The molecule has 6 nitrogen and oxygen atoms in total. The molecule has 0 radical (unpaired) electrons. The number of nitrogens with one attached hydrogen (secondary N) is 1. The SMILES string of the molecule is CCOC(=O)c1ccc(NC(=O)[C@H]2CS[C@]3(C)CCC(=O)N23)cc1. The molecule has 128 valence electrons. The Morgan fingerprint density at radius 2 is 2.08 bits per heavy atom. The van der Waals surface area contributed by atoms with Crippen molar-refractivity contribution in [3.05, 3.63) is 29.8 Å². The molecule has 0 spiro atoms. The van der Waals surface area contributed by atoms with Crippen LogP contribution in [0.2, 0.25) is 0 Å². The summed E-state index contributed by atoms with van der Waals surface area (Å²) in [5, 5.41) is 2.83. The molecule has 7 heteroatoms. The van der Waals surface area contributed by atoms with Crippen molar-refractivity contribution in [1.82, 2.24) is 4.90 Å². The van der Waals surface area contributed by atoms with E-state index in [4.69, 9.17) is 4.74 Å². The number of carbonyl (C=O) groups is 3. The summed E-state index contributed by atoms with van der Waals surface area (Å²) in [6, 6.07) is 6.11. The standard InChI is InChI=1S/C17H20N2O4S/c1-3-23-16(22)11-4-6-12(7-5-11)18-15(21)13-10-24-17(2)9-8-14(20)19(13)17/h4-7,13H,3,8-10H2,1-2H3,(H,18,21)/t13-,17-/m1/s1. The van der Waals surface area contributed by atoms with Crippen molar-refractivity contribution < 1.29 is 19.1 Å². The van der Waals surface area contributed by atoms with E-state index in [0.29, 0.717) is 30.0 Å². The van der Waals surface area contributed by atoms with E-state index >= 15 is 0 Å². The van der Waals surface area contributed by atoms with Gasteiger partial charge in [0.1, 0.15) is 6.04 Å². The smallest absolute Gasteiger partial charge is 0.338 e. The number of amides is 2. The van der Waals surface area contributed by atoms with Crippen LogP contribution in [0.25, 0.3) is 0 Å². The summed E-state index contributed by atoms with van der Waals surface area (Å²) < 4.78 is 4.93. The molecule has 0 saturated carbocycles. The fourth-order valence-electron chi connectivity index (χ4n) is 3.14. The molecule has 0 aromatic heterocycles. The first kappa shape index (κ1) is 16.8. The van der Waals surface area contributed by atoms with Crippen molar-refractivity contribution >= 4 is 35.2 Å². The van der Waals surface area contributed by atoms with Crippen molar-refractivity contribution in [2.45, 2.75) is 37.6 Å². The molecule has 2 aliphatic heterocycles. The number of thioether (sulfide) groups is 1. The van der Waals surface area contributed by atoms with E-state index in [1.807, 2.05) is 6.92 Å². The molecule has 24 heavy (non-hydrogen) atoms. The van der Waals surface area contributed by atoms with Crippen LogP contribution in [-0.2, 0) is 14.3 Å². The molecular weight excluding hydrogens is 328 g/mol. The van der Waals surface area contributed by atoms with Crippen molar-refractivity contribution in [2.24, 2.45) is 0 Å². The van der Waals surface area contributed by atoms with Crippen LogP contribution in [-0.4, -0.2) is 46.0 Å². The Morgan fingerprint density at radius 3 is 2.75 bits per heavy atom. The van der Waals surface area contributed by atoms with E-state index in [0.717, 1.165) is 6.42 Å². The lowest BCUT2D eigenvalue weighted by atomic mass is 10.2. The summed E-state index contributed by atoms with van der Waals surface area (Å²) in [6.07, 6.45) is 1.29. The van der Waals surface area contributed by atoms with Crippen LogP contribution in [0.15, 0.2) is 24.3 Å². The van der Waals surface area contributed by atoms with Gasteiger partial charge in [0.05, 0.1) is 17.0 Å². The zero-order valence-corrected chi connectivity index (χ0v) is 14.5. The molecule has 1 N–H and O–H groups in total. The molecule has 3 rings (SSSR count). The third-order valence-corrected chi connectivity index (χ3v) is 5.92. The van der Waals surface area contributed by atoms with E-state index in [1.54, 1.807) is 47.9 Å². The highest BCUT2D eigenvalue weighted by atomic mass is 32.2. The zero-order valence-electron chi connectivity index (χ0n) is 13.7. The number of rotatable bonds is 4. The summed E-state index contributed by atoms with van der Waals surface area (Å²) >= 11 is 1.66. The Balaban J connectivity index is 1.67. The molecule has 0 unspecified atom stereocenters. The molecule has 2 fully saturated rings. The Labute approximate surface area is 144 Å². The van der Waals surface area contributed by atoms with Gasteiger partial charge in [-0.05, 0) is 44.5 Å². The lowest BCUT2D eigenvalue weighted by molar-refractivity contribution is -0.135. The first-order valence-electron chi connectivity index (χ1n) is 7.99. The molecule has 0 bridgehead atoms. The topological polar surface area (TPSA) is 75.7 Å². The van der Waals surface area contributed by atoms with Crippen molar-refractivity contribution in [1.29, 1.82) is 0 Å². The quantitative estimate of drug-likeness (QED) is 0.845. The van der Waals surface area contributed by atoms with Gasteiger partial charge in [-0.3, -0.25) is 9.59 Å². The normalized spacial score (nSPS) is 25.5. The van der Waals surface area contributed by atoms with Gasteiger partial charge in [-0.2, -0.15) is 0 Å². The number of anilines is 1. The van der Waals surface area contributed by atoms with Crippen LogP contribution in [0.1, 0.15) is 37.0 Å². The Bertz CT molecular complexity index is 676. The summed E-state index contributed by atoms with van der Waals surface area (Å²) in [6.45, 7) is 4.09. The van der Waals surface area contributed by atoms with Gasteiger partial charge >= 0.3 is 5.97 Å². The van der Waals surface area contributed by atoms with Crippen LogP contribution < -0.4 is 5.32 Å². The van der Waals surface area contributed by atoms with Crippen molar-refractivity contribution in [3.63, 3.8) is 0 Å². The summed E-state index contributed by atoms with van der Waals surface area (Å²) in [7, 11) is 0. The van der Waals surface area contributed by atoms with Gasteiger partial charge in [-0.15, -0.1) is 11.8 Å². The monoisotopic (exact) mass is 348 g/mol. The second-order valence-electron chi connectivity index (χ2n) is 6.05. The first-order valence-corrected chi connectivity index (χ1v) is 8.97. The molecule has 2 aliphatic rings. The van der Waals surface area contributed by atoms with E-state index in [9.17, 15) is 14.4 Å². The van der Waals surface area contributed by atoms with Crippen LogP contribution in [0.3, 0.4) is 0 Å². The third kappa shape index (κ3) is 3.00. The Kier molecular flexibility index (Phi) is 4.54. The van der Waals surface area contributed by atoms with Crippen LogP contribution >= 0.6 is 11.8 Å². The largest absolute Gasteiger partial charge is 0.462 e. The lowest BCUT2D eigenvalue weighted by Gasteiger charge is -2.29. The van der Waals surface area contributed by atoms with E-state index in [-0.39, 0.29) is 22.7 Å². The predicted octanol–water partition coefficient (Wildman–Crippen LogP) is 2.26. The van der Waals surface area contributed by atoms with Gasteiger partial charge in [-0.1, -0.05) is 0 Å². The molecule has 2 heterocycles. The summed E-state index contributed by atoms with van der Waals surface area (Å²) in [5.41, 5.74) is 1.03. The highest BCUT2D eigenvalue weighted by Crippen LogP contribution is 2.47. The highest BCUT2D eigenvalue weighted by molar-refractivity contribution is 8.01. The van der Waals surface area contributed by atoms with Gasteiger partial charge < -0.3 is 15.0 Å². The second kappa shape index (κ2) is 6.47. The van der Waals surface area contributed by atoms with Crippen molar-refractivity contribution in [3.8, 4) is 0 Å². The molecular formula is C17H20N2O4S. The zero-order chi connectivity index (χ0) is 17.3. The first-order chi connectivity index (χ1) is 11.4. The molecule has 2 atom stereocenters. The van der Waals surface area contributed by atoms with Gasteiger partial charge in [0.15, 0.2) is 0 Å². The molecule has 1 aromatic rings. The molecule has 0 aliphatic carbocycles. The second-order valence-corrected chi connectivity index (χ2v) is 7.55. The number of hydrogen-bond acceptors (Lipinski definition) is 5. The van der Waals surface area contributed by atoms with Crippen LogP contribution in [0, 0.1) is 0 Å². The highest BCUT2D eigenvalue weighted by Gasteiger charge is 2.52. The average molecular weight is 348 g/mol. The Morgan fingerprint density at radius 1 is 1.38 bits per heavy atom. The molecule has 2 saturated heterocycles. The summed E-state index contributed by atoms with van der Waals surface area (Å²) in [5.74, 6) is 0.0706. The fraction of sp³-hybridized carbons (Fsp3) is 0.471. The molecule has 2 amide bonds. The number of carbonyl (C=O) groups excluding carboxylic acids is 3. The predicted molar refractivity (Wildman–Crippen MR) is 91.8 cm³/mol. The number of fused-ring (bicyclic) bond motifs is 1. The maximum atomic E-state index is 12.6. The fourth-order valence-corrected chi connectivity index (χ4v) is 4.58. The minimum atomic E-state index is -0.445. The summed E-state index contributed by atoms with van der Waals surface area (Å²) in [4.78, 5) is 37.7. The van der Waals surface area contributed by atoms with Crippen molar-refractivity contribution in [2.75, 3.05) is 17.7 Å². The number of esters is 1. The minimum Gasteiger partial charge on any atom is -0.462 e. The van der Waals surface area contributed by atoms with E-state index in [2.05, 4.69) is 5.32 Å². The van der Waals surface area contributed by atoms with E-state index in [1.165, 1.54) is 0 Å². The number of benzene rings is 1.